The molecule has 11 heteroatoms. The van der Waals surface area contributed by atoms with Crippen molar-refractivity contribution in [1.82, 2.24) is 21.2 Å². The van der Waals surface area contributed by atoms with Crippen LogP contribution in [0.15, 0.2) is 54.7 Å². The molecule has 2 aromatic carbocycles. The highest BCUT2D eigenvalue weighted by Gasteiger charge is 2.27. The van der Waals surface area contributed by atoms with Gasteiger partial charge in [0.05, 0.1) is 5.75 Å². The molecule has 1 atom stereocenters. The van der Waals surface area contributed by atoms with E-state index in [0.717, 1.165) is 52.3 Å². The molecule has 4 rings (SSSR count). The lowest BCUT2D eigenvalue weighted by Crippen LogP contribution is -2.53. The molecular formula is C28H33N5O5S. The second-order valence-electron chi connectivity index (χ2n) is 10.2. The number of hydrogen-bond acceptors (Lipinski definition) is 6. The zero-order valence-electron chi connectivity index (χ0n) is 22.2. The predicted molar refractivity (Wildman–Crippen MR) is 151 cm³/mol. The number of fused-ring (bicyclic) bond motifs is 2. The van der Waals surface area contributed by atoms with Gasteiger partial charge in [0.1, 0.15) is 11.6 Å². The first-order valence-electron chi connectivity index (χ1n) is 12.8. The molecule has 0 radical (unpaired) electrons. The van der Waals surface area contributed by atoms with E-state index in [4.69, 9.17) is 4.74 Å². The number of carbonyl (C=O) groups is 4. The number of nitrogens with one attached hydrogen (secondary N) is 4. The number of hydrogen-bond donors (Lipinski definition) is 4. The zero-order valence-corrected chi connectivity index (χ0v) is 23.0. The number of aromatic amines is 1. The Hall–Kier alpha value is -3.99. The number of aryl methyl sites for hydroxylation is 1. The summed E-state index contributed by atoms with van der Waals surface area (Å²) < 4.78 is 5.33. The minimum Gasteiger partial charge on any atom is -0.444 e. The molecule has 1 aliphatic heterocycles. The van der Waals surface area contributed by atoms with Crippen molar-refractivity contribution in [2.75, 3.05) is 17.2 Å². The van der Waals surface area contributed by atoms with Crippen LogP contribution in [0.25, 0.3) is 10.9 Å². The highest BCUT2D eigenvalue weighted by molar-refractivity contribution is 8.14. The van der Waals surface area contributed by atoms with Crippen LogP contribution in [0.2, 0.25) is 0 Å². The number of para-hydroxylation sites is 2. The van der Waals surface area contributed by atoms with Crippen molar-refractivity contribution in [3.63, 3.8) is 0 Å². The number of hydrazine groups is 1. The molecule has 4 amide bonds. The van der Waals surface area contributed by atoms with Gasteiger partial charge in [0.25, 0.3) is 11.1 Å². The van der Waals surface area contributed by atoms with Gasteiger partial charge in [-0.3, -0.25) is 25.2 Å². The molecule has 0 aliphatic carbocycles. The molecule has 206 valence electrons. The van der Waals surface area contributed by atoms with Gasteiger partial charge in [-0.15, -0.1) is 0 Å². The summed E-state index contributed by atoms with van der Waals surface area (Å²) in [7, 11) is 0. The zero-order chi connectivity index (χ0) is 28.0. The molecular weight excluding hydrogens is 518 g/mol. The molecule has 1 aromatic heterocycles. The van der Waals surface area contributed by atoms with E-state index >= 15 is 0 Å². The van der Waals surface area contributed by atoms with Crippen molar-refractivity contribution in [2.45, 2.75) is 51.7 Å². The van der Waals surface area contributed by atoms with Crippen molar-refractivity contribution in [3.05, 3.63) is 65.9 Å². The van der Waals surface area contributed by atoms with Crippen LogP contribution >= 0.6 is 11.8 Å². The first kappa shape index (κ1) is 28.0. The van der Waals surface area contributed by atoms with E-state index in [1.54, 1.807) is 31.9 Å². The van der Waals surface area contributed by atoms with Crippen LogP contribution in [0.5, 0.6) is 0 Å². The third-order valence-corrected chi connectivity index (χ3v) is 6.89. The first-order chi connectivity index (χ1) is 18.6. The normalized spacial score (nSPS) is 13.8. The Kier molecular flexibility index (Phi) is 8.80. The second-order valence-corrected chi connectivity index (χ2v) is 11.2. The van der Waals surface area contributed by atoms with Crippen LogP contribution in [0.1, 0.15) is 38.3 Å². The van der Waals surface area contributed by atoms with E-state index < -0.39 is 28.9 Å². The van der Waals surface area contributed by atoms with Crippen molar-refractivity contribution in [3.8, 4) is 0 Å². The number of ether oxygens (including phenoxy) is 1. The Labute approximate surface area is 231 Å². The molecule has 1 aliphatic rings. The van der Waals surface area contributed by atoms with Gasteiger partial charge in [-0.2, -0.15) is 0 Å². The number of amides is 4. The SMILES string of the molecule is CC(C)(C)OC(=O)N[C@@H](Cc1c[nH]c2ccccc12)C(=O)NNC(=O)SCC(=O)N1CCCc2ccccc21. The fourth-order valence-corrected chi connectivity index (χ4v) is 4.95. The molecule has 2 heterocycles. The van der Waals surface area contributed by atoms with Crippen LogP contribution in [0.4, 0.5) is 15.3 Å². The summed E-state index contributed by atoms with van der Waals surface area (Å²) in [6.45, 7) is 5.77. The summed E-state index contributed by atoms with van der Waals surface area (Å²) in [5, 5.41) is 2.92. The van der Waals surface area contributed by atoms with E-state index in [1.165, 1.54) is 0 Å². The summed E-state index contributed by atoms with van der Waals surface area (Å²) in [4.78, 5) is 55.6. The number of alkyl carbamates (subject to hydrolysis) is 1. The fourth-order valence-electron chi connectivity index (χ4n) is 4.41. The standard InChI is InChI=1S/C28H33N5O5S/c1-28(2,3)38-26(36)30-22(15-19-16-29-21-12-6-5-11-20(19)21)25(35)31-32-27(37)39-17-24(34)33-14-8-10-18-9-4-7-13-23(18)33/h4-7,9,11-13,16,22,29H,8,10,14-15,17H2,1-3H3,(H,30,36)(H,31,35)(H,32,37)/t22-/m0/s1. The van der Waals surface area contributed by atoms with Gasteiger partial charge >= 0.3 is 6.09 Å². The van der Waals surface area contributed by atoms with Crippen LogP contribution in [0, 0.1) is 0 Å². The summed E-state index contributed by atoms with van der Waals surface area (Å²) in [5.41, 5.74) is 7.64. The number of aromatic nitrogens is 1. The lowest BCUT2D eigenvalue weighted by atomic mass is 10.0. The number of carbonyl (C=O) groups excluding carboxylic acids is 4. The van der Waals surface area contributed by atoms with Gasteiger partial charge in [-0.25, -0.2) is 4.79 Å². The molecule has 4 N–H and O–H groups in total. The van der Waals surface area contributed by atoms with E-state index in [1.807, 2.05) is 48.5 Å². The summed E-state index contributed by atoms with van der Waals surface area (Å²) in [6.07, 6.45) is 2.95. The molecule has 3 aromatic rings. The number of thioether (sulfide) groups is 1. The lowest BCUT2D eigenvalue weighted by Gasteiger charge is -2.29. The highest BCUT2D eigenvalue weighted by Crippen LogP contribution is 2.27. The summed E-state index contributed by atoms with van der Waals surface area (Å²) in [6, 6.07) is 14.3. The van der Waals surface area contributed by atoms with Crippen LogP contribution in [-0.4, -0.2) is 52.1 Å². The maximum Gasteiger partial charge on any atom is 0.408 e. The average molecular weight is 552 g/mol. The van der Waals surface area contributed by atoms with Gasteiger partial charge in [0, 0.05) is 35.8 Å². The van der Waals surface area contributed by atoms with E-state index in [-0.39, 0.29) is 18.1 Å². The van der Waals surface area contributed by atoms with Crippen molar-refractivity contribution in [1.29, 1.82) is 0 Å². The predicted octanol–water partition coefficient (Wildman–Crippen LogP) is 4.06. The molecule has 0 bridgehead atoms. The Balaban J connectivity index is 1.34. The Bertz CT molecular complexity index is 1370. The monoisotopic (exact) mass is 551 g/mol. The number of nitrogens with zero attached hydrogens (tertiary/aromatic N) is 1. The maximum absolute atomic E-state index is 13.0. The first-order valence-corrected chi connectivity index (χ1v) is 13.7. The molecule has 0 unspecified atom stereocenters. The van der Waals surface area contributed by atoms with E-state index in [9.17, 15) is 19.2 Å². The lowest BCUT2D eigenvalue weighted by molar-refractivity contribution is -0.123. The van der Waals surface area contributed by atoms with Gasteiger partial charge in [-0.05, 0) is 56.9 Å². The van der Waals surface area contributed by atoms with Gasteiger partial charge in [-0.1, -0.05) is 48.2 Å². The molecule has 0 spiro atoms. The van der Waals surface area contributed by atoms with Crippen molar-refractivity contribution in [2.24, 2.45) is 0 Å². The Morgan fingerprint density at radius 1 is 1.05 bits per heavy atom. The number of H-pyrrole nitrogens is 1. The van der Waals surface area contributed by atoms with Crippen molar-refractivity contribution < 1.29 is 23.9 Å². The molecule has 39 heavy (non-hydrogen) atoms. The molecule has 0 fully saturated rings. The molecule has 0 saturated carbocycles. The topological polar surface area (TPSA) is 133 Å². The largest absolute Gasteiger partial charge is 0.444 e. The number of anilines is 1. The van der Waals surface area contributed by atoms with Crippen molar-refractivity contribution >= 4 is 51.5 Å². The maximum atomic E-state index is 13.0. The quantitative estimate of drug-likeness (QED) is 0.342. The van der Waals surface area contributed by atoms with Crippen LogP contribution < -0.4 is 21.1 Å². The van der Waals surface area contributed by atoms with Crippen LogP contribution in [0.3, 0.4) is 0 Å². The summed E-state index contributed by atoms with van der Waals surface area (Å²) >= 11 is 0.763. The van der Waals surface area contributed by atoms with Gasteiger partial charge in [0.2, 0.25) is 5.91 Å². The molecule has 0 saturated heterocycles. The van der Waals surface area contributed by atoms with Gasteiger partial charge < -0.3 is 19.9 Å². The average Bonchev–Trinajstić information content (AvgIpc) is 3.31. The summed E-state index contributed by atoms with van der Waals surface area (Å²) in [5.74, 6) is -0.890. The Morgan fingerprint density at radius 2 is 1.79 bits per heavy atom. The minimum atomic E-state index is -1.03. The second kappa shape index (κ2) is 12.2. The third-order valence-electron chi connectivity index (χ3n) is 6.13. The Morgan fingerprint density at radius 3 is 2.59 bits per heavy atom. The van der Waals surface area contributed by atoms with Gasteiger partial charge in [0.15, 0.2) is 0 Å². The van der Waals surface area contributed by atoms with Crippen LogP contribution in [-0.2, 0) is 27.2 Å². The number of benzene rings is 2. The fraction of sp³-hybridized carbons (Fsp3) is 0.357. The highest BCUT2D eigenvalue weighted by atomic mass is 32.2. The number of rotatable bonds is 6. The molecule has 10 nitrogen and oxygen atoms in total. The minimum absolute atomic E-state index is 0.0784. The van der Waals surface area contributed by atoms with E-state index in [0.29, 0.717) is 6.54 Å². The smallest absolute Gasteiger partial charge is 0.408 e. The van der Waals surface area contributed by atoms with E-state index in [2.05, 4.69) is 21.2 Å². The third kappa shape index (κ3) is 7.53.